The average molecular weight is 1040 g/mol. The van der Waals surface area contributed by atoms with Gasteiger partial charge < -0.3 is 19.6 Å². The number of pyridine rings is 1. The van der Waals surface area contributed by atoms with Crippen LogP contribution in [0.4, 0.5) is 29.8 Å². The molecule has 0 bridgehead atoms. The molecule has 2 saturated heterocycles. The second kappa shape index (κ2) is 20.7. The van der Waals surface area contributed by atoms with Gasteiger partial charge in [-0.1, -0.05) is 53.8 Å². The molecule has 3 aliphatic heterocycles. The summed E-state index contributed by atoms with van der Waals surface area (Å²) in [5.74, 6) is -1.94. The summed E-state index contributed by atoms with van der Waals surface area (Å²) in [5.41, 5.74) is 3.73. The van der Waals surface area contributed by atoms with Crippen LogP contribution >= 0.6 is 11.3 Å². The van der Waals surface area contributed by atoms with E-state index in [0.29, 0.717) is 48.1 Å². The van der Waals surface area contributed by atoms with Crippen LogP contribution in [0.3, 0.4) is 0 Å². The Labute approximate surface area is 434 Å². The van der Waals surface area contributed by atoms with E-state index >= 15 is 0 Å². The number of nitrogens with one attached hydrogen (secondary N) is 2. The SMILES string of the molecule is Cn1nc(C2CCC(=O)NC2=O)c2cccc(N3CCN(CCCC4CCC(Oc5ccc(-c6ccc(N7CCc8cccc(C(=O)Nc9nc%10ccccc%10s9)c8C7)nc6C(=O)O)c(C(F)(F)F)c5)CC4)CC3)c21. The first-order valence-corrected chi connectivity index (χ1v) is 26.5. The van der Waals surface area contributed by atoms with Gasteiger partial charge in [0.15, 0.2) is 10.8 Å². The van der Waals surface area contributed by atoms with E-state index in [-0.39, 0.29) is 53.1 Å². The molecule has 19 heteroatoms. The third kappa shape index (κ3) is 10.4. The van der Waals surface area contributed by atoms with Gasteiger partial charge in [0.1, 0.15) is 11.6 Å². The first-order valence-electron chi connectivity index (χ1n) is 25.7. The molecule has 4 aliphatic rings. The molecule has 75 heavy (non-hydrogen) atoms. The third-order valence-corrected chi connectivity index (χ3v) is 16.3. The Morgan fingerprint density at radius 1 is 0.853 bits per heavy atom. The highest BCUT2D eigenvalue weighted by molar-refractivity contribution is 7.22. The van der Waals surface area contributed by atoms with Crippen LogP contribution in [-0.4, -0.2) is 98.8 Å². The predicted octanol–water partition coefficient (Wildman–Crippen LogP) is 9.84. The number of alkyl halides is 3. The van der Waals surface area contributed by atoms with Crippen molar-refractivity contribution >= 4 is 72.8 Å². The van der Waals surface area contributed by atoms with Gasteiger partial charge in [0.05, 0.1) is 44.7 Å². The number of thiazole rings is 1. The molecule has 11 rings (SSSR count). The highest BCUT2D eigenvalue weighted by Crippen LogP contribution is 2.42. The number of nitrogens with zero attached hydrogens (tertiary/aromatic N) is 7. The minimum Gasteiger partial charge on any atom is -0.490 e. The molecule has 6 heterocycles. The number of carboxylic acid groups (broad SMARTS) is 1. The Kier molecular flexibility index (Phi) is 13.8. The summed E-state index contributed by atoms with van der Waals surface area (Å²) in [7, 11) is 1.90. The molecule has 3 N–H and O–H groups in total. The zero-order valence-electron chi connectivity index (χ0n) is 41.4. The van der Waals surface area contributed by atoms with E-state index in [1.165, 1.54) is 35.6 Å². The largest absolute Gasteiger partial charge is 0.490 e. The first kappa shape index (κ1) is 49.8. The van der Waals surface area contributed by atoms with Crippen molar-refractivity contribution in [3.05, 3.63) is 125 Å². The lowest BCUT2D eigenvalue weighted by Crippen LogP contribution is -2.46. The number of halogens is 3. The van der Waals surface area contributed by atoms with Gasteiger partial charge in [-0.3, -0.25) is 34.6 Å². The maximum absolute atomic E-state index is 14.9. The van der Waals surface area contributed by atoms with Gasteiger partial charge in [0, 0.05) is 69.3 Å². The second-order valence-corrected chi connectivity index (χ2v) is 21.1. The number of hydrogen-bond acceptors (Lipinski definition) is 12. The van der Waals surface area contributed by atoms with E-state index < -0.39 is 29.3 Å². The normalized spacial score (nSPS) is 19.5. The highest BCUT2D eigenvalue weighted by Gasteiger charge is 2.37. The van der Waals surface area contributed by atoms with Crippen LogP contribution in [-0.2, 0) is 35.8 Å². The summed E-state index contributed by atoms with van der Waals surface area (Å²) < 4.78 is 53.7. The molecule has 0 radical (unpaired) electrons. The number of aromatic nitrogens is 4. The lowest BCUT2D eigenvalue weighted by Gasteiger charge is -2.37. The fourth-order valence-corrected chi connectivity index (χ4v) is 12.4. The number of piperidine rings is 1. The third-order valence-electron chi connectivity index (χ3n) is 15.4. The van der Waals surface area contributed by atoms with Crippen LogP contribution in [0, 0.1) is 5.92 Å². The predicted molar refractivity (Wildman–Crippen MR) is 281 cm³/mol. The Morgan fingerprint density at radius 2 is 1.64 bits per heavy atom. The Balaban J connectivity index is 0.685. The van der Waals surface area contributed by atoms with E-state index in [4.69, 9.17) is 9.84 Å². The first-order chi connectivity index (χ1) is 36.2. The van der Waals surface area contributed by atoms with E-state index in [2.05, 4.69) is 36.5 Å². The van der Waals surface area contributed by atoms with Gasteiger partial charge in [-0.15, -0.1) is 0 Å². The maximum atomic E-state index is 14.9. The number of amides is 3. The molecule has 4 aromatic carbocycles. The van der Waals surface area contributed by atoms with E-state index in [1.807, 2.05) is 65.2 Å². The van der Waals surface area contributed by atoms with Crippen LogP contribution in [0.25, 0.3) is 32.2 Å². The molecule has 0 spiro atoms. The maximum Gasteiger partial charge on any atom is 0.417 e. The fourth-order valence-electron chi connectivity index (χ4n) is 11.5. The topological polar surface area (TPSA) is 175 Å². The lowest BCUT2D eigenvalue weighted by molar-refractivity contribution is -0.137. The number of benzene rings is 4. The number of rotatable bonds is 13. The number of ether oxygens (including phenoxy) is 1. The molecule has 3 fully saturated rings. The molecular weight excluding hydrogens is 984 g/mol. The fraction of sp³-hybridized carbons (Fsp3) is 0.375. The quantitative estimate of drug-likeness (QED) is 0.0935. The molecule has 7 aromatic rings. The summed E-state index contributed by atoms with van der Waals surface area (Å²) in [6.45, 7) is 5.21. The van der Waals surface area contributed by atoms with Crippen LogP contribution in [0.1, 0.15) is 101 Å². The Bertz CT molecular complexity index is 3310. The van der Waals surface area contributed by atoms with Gasteiger partial charge in [0.2, 0.25) is 11.8 Å². The minimum atomic E-state index is -4.82. The monoisotopic (exact) mass is 1040 g/mol. The average Bonchev–Trinajstić information content (AvgIpc) is 3.98. The minimum absolute atomic E-state index is 0.0828. The summed E-state index contributed by atoms with van der Waals surface area (Å²) in [6, 6.07) is 25.9. The molecule has 1 unspecified atom stereocenters. The number of carboxylic acids is 1. The van der Waals surface area contributed by atoms with Crippen molar-refractivity contribution < 1.29 is 42.2 Å². The van der Waals surface area contributed by atoms with Crippen molar-refractivity contribution in [3.63, 3.8) is 0 Å². The standard InChI is InChI=1S/C56H56F3N9O6S/c1-65-51-40(49(64-65)41-21-23-48(69)62-53(41)71)10-5-12-45(51)67-29-27-66(28-30-67)25-6-7-33-14-16-35(17-15-33)74-36-18-19-37(43(31-36)56(57,58)59)38-20-22-47(61-50(38)54(72)73)68-26-24-34-8-4-9-39(42(34)32-68)52(70)63-55-60-44-11-2-3-13-46(44)75-55/h2-5,8-13,18-20,22,31,33,35,41H,6-7,14-17,21,23-30,32H2,1H3,(H,72,73)(H,60,63,70)(H,62,69,71). The molecule has 1 atom stereocenters. The summed E-state index contributed by atoms with van der Waals surface area (Å²) in [4.78, 5) is 66.6. The van der Waals surface area contributed by atoms with E-state index in [9.17, 15) is 37.5 Å². The number of piperazine rings is 1. The van der Waals surface area contributed by atoms with Crippen molar-refractivity contribution in [1.82, 2.24) is 30.0 Å². The van der Waals surface area contributed by atoms with Crippen molar-refractivity contribution in [2.24, 2.45) is 13.0 Å². The van der Waals surface area contributed by atoms with Gasteiger partial charge in [0.25, 0.3) is 5.91 Å². The van der Waals surface area contributed by atoms with E-state index in [0.717, 1.165) is 115 Å². The summed E-state index contributed by atoms with van der Waals surface area (Å²) in [6.07, 6.45) is 1.62. The second-order valence-electron chi connectivity index (χ2n) is 20.0. The molecule has 15 nitrogen and oxygen atoms in total. The Hall–Kier alpha value is -7.38. The number of aryl methyl sites for hydroxylation is 1. The van der Waals surface area contributed by atoms with Crippen LogP contribution in [0.5, 0.6) is 5.75 Å². The number of fused-ring (bicyclic) bond motifs is 3. The zero-order valence-corrected chi connectivity index (χ0v) is 42.2. The van der Waals surface area contributed by atoms with Crippen LogP contribution in [0.15, 0.2) is 91.0 Å². The van der Waals surface area contributed by atoms with Crippen LogP contribution in [0.2, 0.25) is 0 Å². The van der Waals surface area contributed by atoms with Crippen molar-refractivity contribution in [2.75, 3.05) is 54.4 Å². The number of para-hydroxylation sites is 2. The molecule has 1 saturated carbocycles. The Morgan fingerprint density at radius 3 is 2.41 bits per heavy atom. The van der Waals surface area contributed by atoms with Gasteiger partial charge in [-0.2, -0.15) is 18.3 Å². The van der Waals surface area contributed by atoms with Gasteiger partial charge >= 0.3 is 12.1 Å². The number of carbonyl (C=O) groups excluding carboxylic acids is 3. The van der Waals surface area contributed by atoms with E-state index in [1.54, 1.807) is 6.07 Å². The number of anilines is 3. The van der Waals surface area contributed by atoms with Gasteiger partial charge in [-0.25, -0.2) is 14.8 Å². The summed E-state index contributed by atoms with van der Waals surface area (Å²) >= 11 is 1.37. The molecule has 3 amide bonds. The van der Waals surface area contributed by atoms with Crippen molar-refractivity contribution in [1.29, 1.82) is 0 Å². The molecule has 1 aliphatic carbocycles. The molecule has 388 valence electrons. The van der Waals surface area contributed by atoms with Crippen molar-refractivity contribution in [3.8, 4) is 16.9 Å². The number of hydrogen-bond donors (Lipinski definition) is 3. The molecular formula is C56H56F3N9O6S. The zero-order chi connectivity index (χ0) is 52.0. The van der Waals surface area contributed by atoms with Gasteiger partial charge in [-0.05, 0) is 129 Å². The molecule has 3 aromatic heterocycles. The summed E-state index contributed by atoms with van der Waals surface area (Å²) in [5, 5.41) is 21.9. The van der Waals surface area contributed by atoms with Crippen molar-refractivity contribution in [2.45, 2.75) is 82.5 Å². The number of imide groups is 1. The smallest absolute Gasteiger partial charge is 0.417 e. The number of aromatic carboxylic acids is 1. The van der Waals surface area contributed by atoms with Crippen LogP contribution < -0.4 is 25.2 Å². The lowest BCUT2D eigenvalue weighted by atomic mass is 9.84. The highest BCUT2D eigenvalue weighted by atomic mass is 32.1. The number of carbonyl (C=O) groups is 4.